The minimum absolute atomic E-state index is 0.0277. The van der Waals surface area contributed by atoms with E-state index in [1.165, 1.54) is 29.7 Å². The Morgan fingerprint density at radius 3 is 2.92 bits per heavy atom. The van der Waals surface area contributed by atoms with Crippen molar-refractivity contribution in [2.24, 2.45) is 11.7 Å². The van der Waals surface area contributed by atoms with Crippen LogP contribution in [0.4, 0.5) is 0 Å². The molecule has 0 aromatic carbocycles. The summed E-state index contributed by atoms with van der Waals surface area (Å²) in [5, 5.41) is 2.85. The quantitative estimate of drug-likeness (QED) is 0.816. The number of aryl methyl sites for hydroxylation is 2. The van der Waals surface area contributed by atoms with Gasteiger partial charge in [-0.15, -0.1) is 11.3 Å². The number of nitrogens with one attached hydrogen (secondary N) is 1. The van der Waals surface area contributed by atoms with E-state index in [9.17, 15) is 9.59 Å². The lowest BCUT2D eigenvalue weighted by molar-refractivity contribution is -0.126. The molecule has 5 nitrogen and oxygen atoms in total. The molecule has 1 unspecified atom stereocenters. The van der Waals surface area contributed by atoms with Gasteiger partial charge in [-0.25, -0.2) is 0 Å². The van der Waals surface area contributed by atoms with E-state index in [-0.39, 0.29) is 17.7 Å². The second kappa shape index (κ2) is 8.12. The zero-order valence-electron chi connectivity index (χ0n) is 14.2. The van der Waals surface area contributed by atoms with Crippen LogP contribution in [-0.2, 0) is 17.6 Å². The topological polar surface area (TPSA) is 75.4 Å². The van der Waals surface area contributed by atoms with Crippen molar-refractivity contribution in [2.75, 3.05) is 26.2 Å². The van der Waals surface area contributed by atoms with Gasteiger partial charge >= 0.3 is 0 Å². The van der Waals surface area contributed by atoms with Crippen molar-refractivity contribution in [1.82, 2.24) is 10.2 Å². The van der Waals surface area contributed by atoms with Gasteiger partial charge in [0.2, 0.25) is 5.91 Å². The number of nitrogens with zero attached hydrogens (tertiary/aromatic N) is 1. The number of hydrogen-bond donors (Lipinski definition) is 2. The van der Waals surface area contributed by atoms with Gasteiger partial charge in [-0.1, -0.05) is 6.42 Å². The molecule has 1 aromatic rings. The van der Waals surface area contributed by atoms with Gasteiger partial charge in [0.15, 0.2) is 0 Å². The predicted octanol–water partition coefficient (Wildman–Crippen LogP) is 1.94. The van der Waals surface area contributed by atoms with E-state index < -0.39 is 0 Å². The first-order valence-electron chi connectivity index (χ1n) is 9.07. The first kappa shape index (κ1) is 17.4. The van der Waals surface area contributed by atoms with Crippen LogP contribution in [0, 0.1) is 5.92 Å². The Kier molecular flexibility index (Phi) is 5.89. The van der Waals surface area contributed by atoms with Crippen molar-refractivity contribution < 1.29 is 9.59 Å². The number of likely N-dealkylation sites (tertiary alicyclic amines) is 1. The van der Waals surface area contributed by atoms with E-state index in [0.29, 0.717) is 19.6 Å². The number of carbonyl (C=O) groups is 2. The van der Waals surface area contributed by atoms with Crippen LogP contribution >= 0.6 is 11.3 Å². The van der Waals surface area contributed by atoms with Gasteiger partial charge in [-0.3, -0.25) is 9.59 Å². The van der Waals surface area contributed by atoms with Crippen LogP contribution in [0.2, 0.25) is 0 Å². The second-order valence-corrected chi connectivity index (χ2v) is 7.93. The summed E-state index contributed by atoms with van der Waals surface area (Å²) in [6.45, 7) is 2.22. The van der Waals surface area contributed by atoms with Crippen molar-refractivity contribution in [3.8, 4) is 0 Å². The van der Waals surface area contributed by atoms with E-state index in [0.717, 1.165) is 37.1 Å². The third-order valence-electron chi connectivity index (χ3n) is 4.98. The number of piperidine rings is 1. The van der Waals surface area contributed by atoms with Gasteiger partial charge in [0.25, 0.3) is 5.91 Å². The van der Waals surface area contributed by atoms with Crippen LogP contribution in [0.15, 0.2) is 6.07 Å². The van der Waals surface area contributed by atoms with Gasteiger partial charge in [0.05, 0.1) is 10.8 Å². The molecule has 1 aromatic heterocycles. The monoisotopic (exact) mass is 349 g/mol. The van der Waals surface area contributed by atoms with E-state index in [4.69, 9.17) is 5.73 Å². The van der Waals surface area contributed by atoms with Crippen molar-refractivity contribution in [1.29, 1.82) is 0 Å². The van der Waals surface area contributed by atoms with Crippen molar-refractivity contribution in [3.63, 3.8) is 0 Å². The lowest BCUT2D eigenvalue weighted by Gasteiger charge is -2.31. The summed E-state index contributed by atoms with van der Waals surface area (Å²) in [6, 6.07) is 2.10. The molecule has 1 aliphatic carbocycles. The normalized spacial score (nSPS) is 21.0. The largest absolute Gasteiger partial charge is 0.355 e. The number of fused-ring (bicyclic) bond motifs is 1. The summed E-state index contributed by atoms with van der Waals surface area (Å²) in [4.78, 5) is 29.1. The third-order valence-corrected chi connectivity index (χ3v) is 6.21. The van der Waals surface area contributed by atoms with Crippen molar-refractivity contribution in [2.45, 2.75) is 44.9 Å². The van der Waals surface area contributed by atoms with Gasteiger partial charge in [0, 0.05) is 31.1 Å². The fourth-order valence-electron chi connectivity index (χ4n) is 3.64. The summed E-state index contributed by atoms with van der Waals surface area (Å²) in [7, 11) is 0. The first-order chi connectivity index (χ1) is 11.7. The third kappa shape index (κ3) is 3.98. The van der Waals surface area contributed by atoms with Crippen LogP contribution in [0.25, 0.3) is 0 Å². The molecule has 0 saturated carbocycles. The zero-order valence-corrected chi connectivity index (χ0v) is 15.0. The van der Waals surface area contributed by atoms with Crippen molar-refractivity contribution >= 4 is 23.2 Å². The average Bonchev–Trinajstić information content (AvgIpc) is 2.89. The number of nitrogens with two attached hydrogens (primary N) is 1. The van der Waals surface area contributed by atoms with E-state index in [2.05, 4.69) is 11.4 Å². The first-order valence-corrected chi connectivity index (χ1v) is 9.89. The van der Waals surface area contributed by atoms with Crippen LogP contribution in [0.1, 0.15) is 52.2 Å². The summed E-state index contributed by atoms with van der Waals surface area (Å²) >= 11 is 1.67. The smallest absolute Gasteiger partial charge is 0.263 e. The van der Waals surface area contributed by atoms with E-state index in [1.807, 2.05) is 4.90 Å². The number of hydrogen-bond acceptors (Lipinski definition) is 4. The molecule has 1 aliphatic heterocycles. The fraction of sp³-hybridized carbons (Fsp3) is 0.667. The summed E-state index contributed by atoms with van der Waals surface area (Å²) < 4.78 is 0. The molecule has 0 spiro atoms. The maximum Gasteiger partial charge on any atom is 0.263 e. The Morgan fingerprint density at radius 1 is 1.25 bits per heavy atom. The van der Waals surface area contributed by atoms with Gasteiger partial charge in [-0.2, -0.15) is 0 Å². The Morgan fingerprint density at radius 2 is 2.08 bits per heavy atom. The Labute approximate surface area is 147 Å². The number of rotatable bonds is 4. The number of carbonyl (C=O) groups excluding carboxylic acids is 2. The van der Waals surface area contributed by atoms with Gasteiger partial charge in [0.1, 0.15) is 0 Å². The molecule has 3 N–H and O–H groups in total. The molecule has 1 saturated heterocycles. The number of amides is 2. The molecule has 2 aliphatic rings. The van der Waals surface area contributed by atoms with Gasteiger partial charge < -0.3 is 16.0 Å². The van der Waals surface area contributed by atoms with E-state index in [1.54, 1.807) is 11.3 Å². The minimum Gasteiger partial charge on any atom is -0.355 e. The van der Waals surface area contributed by atoms with Crippen LogP contribution in [0.3, 0.4) is 0 Å². The lowest BCUT2D eigenvalue weighted by Crippen LogP contribution is -2.46. The highest BCUT2D eigenvalue weighted by Crippen LogP contribution is 2.30. The lowest BCUT2D eigenvalue weighted by atomic mass is 9.97. The van der Waals surface area contributed by atoms with Crippen LogP contribution < -0.4 is 11.1 Å². The standard InChI is InChI=1S/C18H27N3O2S/c19-8-9-20-17(22)14-6-4-10-21(12-14)18(23)16-11-13-5-2-1-3-7-15(13)24-16/h11,14H,1-10,12,19H2,(H,20,22). The summed E-state index contributed by atoms with van der Waals surface area (Å²) in [5.74, 6) is 0.0244. The Bertz CT molecular complexity index is 576. The molecule has 132 valence electrons. The Balaban J connectivity index is 1.65. The molecule has 6 heteroatoms. The molecule has 0 bridgehead atoms. The SMILES string of the molecule is NCCNC(=O)C1CCCN(C(=O)c2cc3c(s2)CCCCC3)C1. The van der Waals surface area contributed by atoms with Crippen LogP contribution in [0.5, 0.6) is 0 Å². The molecule has 1 fully saturated rings. The summed E-state index contributed by atoms with van der Waals surface area (Å²) in [5.41, 5.74) is 6.81. The molecule has 24 heavy (non-hydrogen) atoms. The molecular formula is C18H27N3O2S. The highest BCUT2D eigenvalue weighted by molar-refractivity contribution is 7.14. The molecular weight excluding hydrogens is 322 g/mol. The second-order valence-electron chi connectivity index (χ2n) is 6.79. The molecule has 0 radical (unpaired) electrons. The van der Waals surface area contributed by atoms with E-state index >= 15 is 0 Å². The maximum atomic E-state index is 12.9. The van der Waals surface area contributed by atoms with Crippen molar-refractivity contribution in [3.05, 3.63) is 21.4 Å². The zero-order chi connectivity index (χ0) is 16.9. The van der Waals surface area contributed by atoms with Crippen LogP contribution in [-0.4, -0.2) is 42.9 Å². The molecule has 3 rings (SSSR count). The average molecular weight is 350 g/mol. The summed E-state index contributed by atoms with van der Waals surface area (Å²) in [6.07, 6.45) is 7.69. The highest BCUT2D eigenvalue weighted by atomic mass is 32.1. The molecule has 2 heterocycles. The molecule has 2 amide bonds. The van der Waals surface area contributed by atoms with Gasteiger partial charge in [-0.05, 0) is 50.2 Å². The predicted molar refractivity (Wildman–Crippen MR) is 96.3 cm³/mol. The molecule has 1 atom stereocenters. The fourth-order valence-corrected chi connectivity index (χ4v) is 4.87. The minimum atomic E-state index is -0.105. The maximum absolute atomic E-state index is 12.9. The Hall–Kier alpha value is -1.40. The number of thiophene rings is 1. The highest BCUT2D eigenvalue weighted by Gasteiger charge is 2.29.